The molecule has 0 atom stereocenters. The molecule has 5 nitrogen and oxygen atoms in total. The maximum absolute atomic E-state index is 11.2. The van der Waals surface area contributed by atoms with Gasteiger partial charge in [-0.05, 0) is 30.2 Å². The fourth-order valence-corrected chi connectivity index (χ4v) is 2.26. The van der Waals surface area contributed by atoms with Gasteiger partial charge in [-0.3, -0.25) is 10.1 Å². The van der Waals surface area contributed by atoms with Gasteiger partial charge in [-0.15, -0.1) is 0 Å². The Balaban J connectivity index is 2.35. The van der Waals surface area contributed by atoms with Gasteiger partial charge in [0.25, 0.3) is 0 Å². The van der Waals surface area contributed by atoms with Crippen LogP contribution in [-0.4, -0.2) is 18.6 Å². The van der Waals surface area contributed by atoms with E-state index in [4.69, 9.17) is 16.3 Å². The highest BCUT2D eigenvalue weighted by Gasteiger charge is 2.18. The normalized spacial score (nSPS) is 10.4. The lowest BCUT2D eigenvalue weighted by molar-refractivity contribution is -0.383. The van der Waals surface area contributed by atoms with Crippen molar-refractivity contribution in [2.24, 2.45) is 0 Å². The van der Waals surface area contributed by atoms with Crippen LogP contribution in [0.2, 0.25) is 5.02 Å². The second kappa shape index (κ2) is 7.06. The summed E-state index contributed by atoms with van der Waals surface area (Å²) >= 11 is 5.91. The molecule has 0 heterocycles. The minimum Gasteiger partial charge on any atom is -0.384 e. The zero-order chi connectivity index (χ0) is 15.2. The van der Waals surface area contributed by atoms with Gasteiger partial charge >= 0.3 is 5.69 Å². The summed E-state index contributed by atoms with van der Waals surface area (Å²) in [6, 6.07) is 12.4. The molecule has 0 saturated heterocycles. The summed E-state index contributed by atoms with van der Waals surface area (Å²) in [7, 11) is 1.64. The first-order valence-electron chi connectivity index (χ1n) is 6.40. The molecule has 0 radical (unpaired) electrons. The van der Waals surface area contributed by atoms with Gasteiger partial charge in [-0.25, -0.2) is 0 Å². The number of hydrogen-bond acceptors (Lipinski definition) is 4. The Morgan fingerprint density at radius 1 is 1.19 bits per heavy atom. The van der Waals surface area contributed by atoms with E-state index < -0.39 is 4.92 Å². The van der Waals surface area contributed by atoms with Gasteiger partial charge in [0.1, 0.15) is 10.7 Å². The second-order valence-electron chi connectivity index (χ2n) is 4.42. The monoisotopic (exact) mass is 306 g/mol. The topological polar surface area (TPSA) is 64.4 Å². The van der Waals surface area contributed by atoms with Crippen molar-refractivity contribution in [2.75, 3.05) is 19.0 Å². The Bertz CT molecular complexity index is 647. The molecule has 0 saturated carbocycles. The number of ether oxygens (including phenoxy) is 1. The highest BCUT2D eigenvalue weighted by Crippen LogP contribution is 2.34. The van der Waals surface area contributed by atoms with Crippen LogP contribution in [0, 0.1) is 10.1 Å². The van der Waals surface area contributed by atoms with Crippen molar-refractivity contribution in [2.45, 2.75) is 6.42 Å². The molecule has 0 aliphatic carbocycles. The number of nitro groups is 1. The third-order valence-corrected chi connectivity index (χ3v) is 3.34. The number of benzene rings is 2. The summed E-state index contributed by atoms with van der Waals surface area (Å²) in [6.45, 7) is 0.580. The third kappa shape index (κ3) is 3.71. The van der Waals surface area contributed by atoms with Crippen LogP contribution in [0.5, 0.6) is 0 Å². The van der Waals surface area contributed by atoms with E-state index in [2.05, 4.69) is 5.32 Å². The van der Waals surface area contributed by atoms with Crippen molar-refractivity contribution in [3.63, 3.8) is 0 Å². The van der Waals surface area contributed by atoms with E-state index in [1.807, 2.05) is 24.3 Å². The Labute approximate surface area is 127 Å². The third-order valence-electron chi connectivity index (χ3n) is 3.03. The molecule has 1 N–H and O–H groups in total. The van der Waals surface area contributed by atoms with Crippen molar-refractivity contribution in [3.8, 4) is 0 Å². The van der Waals surface area contributed by atoms with Crippen LogP contribution in [0.3, 0.4) is 0 Å². The predicted octanol–water partition coefficient (Wildman–Crippen LogP) is 4.18. The first-order chi connectivity index (χ1) is 10.1. The van der Waals surface area contributed by atoms with E-state index in [9.17, 15) is 10.1 Å². The highest BCUT2D eigenvalue weighted by molar-refractivity contribution is 6.33. The number of hydrogen-bond donors (Lipinski definition) is 1. The lowest BCUT2D eigenvalue weighted by Gasteiger charge is -2.12. The molecule has 0 fully saturated rings. The highest BCUT2D eigenvalue weighted by atomic mass is 35.5. The minimum absolute atomic E-state index is 0.111. The maximum Gasteiger partial charge on any atom is 0.311 e. The van der Waals surface area contributed by atoms with E-state index in [1.54, 1.807) is 19.2 Å². The fraction of sp³-hybridized carbons (Fsp3) is 0.200. The predicted molar refractivity (Wildman–Crippen MR) is 83.4 cm³/mol. The molecule has 0 unspecified atom stereocenters. The fourth-order valence-electron chi connectivity index (χ4n) is 2.02. The Morgan fingerprint density at radius 3 is 2.62 bits per heavy atom. The standard InChI is InChI=1S/C15H15ClN2O3/c1-21-10-9-11-5-2-3-7-13(11)17-14-8-4-6-12(16)15(14)18(19)20/h2-8,17H,9-10H2,1H3. The molecule has 2 aromatic rings. The summed E-state index contributed by atoms with van der Waals surface area (Å²) in [4.78, 5) is 10.7. The van der Waals surface area contributed by atoms with Gasteiger partial charge < -0.3 is 10.1 Å². The lowest BCUT2D eigenvalue weighted by atomic mass is 10.1. The van der Waals surface area contributed by atoms with Crippen LogP contribution < -0.4 is 5.32 Å². The zero-order valence-corrected chi connectivity index (χ0v) is 12.3. The molecule has 6 heteroatoms. The summed E-state index contributed by atoms with van der Waals surface area (Å²) in [5, 5.41) is 14.4. The number of nitrogens with zero attached hydrogens (tertiary/aromatic N) is 1. The average molecular weight is 307 g/mol. The second-order valence-corrected chi connectivity index (χ2v) is 4.83. The van der Waals surface area contributed by atoms with Crippen LogP contribution in [0.15, 0.2) is 42.5 Å². The molecule has 0 aliphatic rings. The number of methoxy groups -OCH3 is 1. The molecular weight excluding hydrogens is 292 g/mol. The maximum atomic E-state index is 11.2. The van der Waals surface area contributed by atoms with Crippen molar-refractivity contribution in [1.82, 2.24) is 0 Å². The molecule has 0 bridgehead atoms. The lowest BCUT2D eigenvalue weighted by Crippen LogP contribution is -2.02. The SMILES string of the molecule is COCCc1ccccc1Nc1cccc(Cl)c1[N+](=O)[O-]. The number of nitro benzene ring substituents is 1. The van der Waals surface area contributed by atoms with Gasteiger partial charge in [0.05, 0.1) is 11.5 Å². The van der Waals surface area contributed by atoms with E-state index in [0.29, 0.717) is 18.7 Å². The molecule has 0 aromatic heterocycles. The van der Waals surface area contributed by atoms with Crippen molar-refractivity contribution in [3.05, 3.63) is 63.2 Å². The van der Waals surface area contributed by atoms with E-state index >= 15 is 0 Å². The van der Waals surface area contributed by atoms with Crippen LogP contribution in [-0.2, 0) is 11.2 Å². The molecule has 21 heavy (non-hydrogen) atoms. The van der Waals surface area contributed by atoms with E-state index in [-0.39, 0.29) is 10.7 Å². The Kier molecular flexibility index (Phi) is 5.14. The Morgan fingerprint density at radius 2 is 1.90 bits per heavy atom. The number of halogens is 1. The van der Waals surface area contributed by atoms with Crippen molar-refractivity contribution < 1.29 is 9.66 Å². The quantitative estimate of drug-likeness (QED) is 0.642. The average Bonchev–Trinajstić information content (AvgIpc) is 2.46. The van der Waals surface area contributed by atoms with Crippen molar-refractivity contribution in [1.29, 1.82) is 0 Å². The minimum atomic E-state index is -0.484. The summed E-state index contributed by atoms with van der Waals surface area (Å²) < 4.78 is 5.07. The summed E-state index contributed by atoms with van der Waals surface area (Å²) in [6.07, 6.45) is 0.716. The van der Waals surface area contributed by atoms with Crippen molar-refractivity contribution >= 4 is 28.7 Å². The van der Waals surface area contributed by atoms with Gasteiger partial charge in [0.15, 0.2) is 0 Å². The molecule has 0 aliphatic heterocycles. The molecule has 110 valence electrons. The molecule has 0 spiro atoms. The summed E-state index contributed by atoms with van der Waals surface area (Å²) in [5.41, 5.74) is 2.08. The van der Waals surface area contributed by atoms with Gasteiger partial charge in [-0.1, -0.05) is 35.9 Å². The van der Waals surface area contributed by atoms with Gasteiger partial charge in [0.2, 0.25) is 0 Å². The number of anilines is 2. The molecule has 2 rings (SSSR count). The Hall–Kier alpha value is -2.11. The molecule has 2 aromatic carbocycles. The number of nitrogens with one attached hydrogen (secondary N) is 1. The van der Waals surface area contributed by atoms with Crippen LogP contribution >= 0.6 is 11.6 Å². The first-order valence-corrected chi connectivity index (χ1v) is 6.78. The largest absolute Gasteiger partial charge is 0.384 e. The molecule has 0 amide bonds. The van der Waals surface area contributed by atoms with E-state index in [0.717, 1.165) is 11.3 Å². The van der Waals surface area contributed by atoms with Gasteiger partial charge in [0, 0.05) is 12.8 Å². The smallest absolute Gasteiger partial charge is 0.311 e. The van der Waals surface area contributed by atoms with Crippen LogP contribution in [0.25, 0.3) is 0 Å². The zero-order valence-electron chi connectivity index (χ0n) is 11.5. The van der Waals surface area contributed by atoms with Crippen LogP contribution in [0.1, 0.15) is 5.56 Å². The first kappa shape index (κ1) is 15.3. The molecular formula is C15H15ClN2O3. The van der Waals surface area contributed by atoms with Gasteiger partial charge in [-0.2, -0.15) is 0 Å². The summed E-state index contributed by atoms with van der Waals surface area (Å²) in [5.74, 6) is 0. The number of rotatable bonds is 6. The van der Waals surface area contributed by atoms with Crippen LogP contribution in [0.4, 0.5) is 17.1 Å². The van der Waals surface area contributed by atoms with E-state index in [1.165, 1.54) is 6.07 Å². The number of para-hydroxylation sites is 2.